The summed E-state index contributed by atoms with van der Waals surface area (Å²) in [6, 6.07) is 6.81. The van der Waals surface area contributed by atoms with E-state index in [2.05, 4.69) is 10.6 Å². The molecule has 156 valence electrons. The van der Waals surface area contributed by atoms with E-state index in [1.165, 1.54) is 23.1 Å². The van der Waals surface area contributed by atoms with Crippen molar-refractivity contribution in [1.29, 1.82) is 0 Å². The average Bonchev–Trinajstić information content (AvgIpc) is 3.07. The first-order chi connectivity index (χ1) is 14.3. The fourth-order valence-electron chi connectivity index (χ4n) is 3.80. The number of fused-ring (bicyclic) bond motifs is 1. The zero-order valence-corrected chi connectivity index (χ0v) is 16.6. The second-order valence-corrected chi connectivity index (χ2v) is 7.77. The van der Waals surface area contributed by atoms with Crippen LogP contribution in [0.15, 0.2) is 30.3 Å². The van der Waals surface area contributed by atoms with Crippen molar-refractivity contribution in [3.8, 4) is 0 Å². The smallest absolute Gasteiger partial charge is 0.239 e. The summed E-state index contributed by atoms with van der Waals surface area (Å²) in [5, 5.41) is 5.35. The van der Waals surface area contributed by atoms with E-state index in [0.717, 1.165) is 6.07 Å². The molecule has 1 fully saturated rings. The van der Waals surface area contributed by atoms with Gasteiger partial charge in [0.2, 0.25) is 17.7 Å². The number of halogens is 3. The Morgan fingerprint density at radius 1 is 1.17 bits per heavy atom. The van der Waals surface area contributed by atoms with E-state index < -0.39 is 29.4 Å². The van der Waals surface area contributed by atoms with Gasteiger partial charge < -0.3 is 15.5 Å². The van der Waals surface area contributed by atoms with Gasteiger partial charge in [0.25, 0.3) is 0 Å². The Bertz CT molecular complexity index is 1040. The Morgan fingerprint density at radius 3 is 2.73 bits per heavy atom. The van der Waals surface area contributed by atoms with Crippen LogP contribution in [0.25, 0.3) is 0 Å². The van der Waals surface area contributed by atoms with E-state index in [9.17, 15) is 23.2 Å². The minimum absolute atomic E-state index is 0.0350. The highest BCUT2D eigenvalue weighted by Crippen LogP contribution is 2.33. The molecule has 2 aliphatic rings. The molecule has 6 nitrogen and oxygen atoms in total. The van der Waals surface area contributed by atoms with Gasteiger partial charge >= 0.3 is 0 Å². The molecule has 2 aromatic carbocycles. The lowest BCUT2D eigenvalue weighted by Gasteiger charge is -2.22. The first-order valence-electron chi connectivity index (χ1n) is 9.48. The third kappa shape index (κ3) is 4.00. The molecule has 9 heteroatoms. The fourth-order valence-corrected chi connectivity index (χ4v) is 4.04. The molecule has 1 atom stereocenters. The zero-order chi connectivity index (χ0) is 21.4. The van der Waals surface area contributed by atoms with Crippen LogP contribution < -0.4 is 15.5 Å². The molecular weight excluding hydrogens is 416 g/mol. The summed E-state index contributed by atoms with van der Waals surface area (Å²) >= 11 is 5.81. The van der Waals surface area contributed by atoms with Crippen LogP contribution in [0.5, 0.6) is 0 Å². The number of aryl methyl sites for hydroxylation is 1. The highest BCUT2D eigenvalue weighted by molar-refractivity contribution is 6.30. The van der Waals surface area contributed by atoms with E-state index in [1.54, 1.807) is 6.07 Å². The lowest BCUT2D eigenvalue weighted by atomic mass is 10.0. The lowest BCUT2D eigenvalue weighted by Crippen LogP contribution is -2.36. The van der Waals surface area contributed by atoms with Crippen LogP contribution >= 0.6 is 11.6 Å². The molecule has 30 heavy (non-hydrogen) atoms. The molecule has 2 aromatic rings. The summed E-state index contributed by atoms with van der Waals surface area (Å²) in [6.07, 6.45) is 0.914. The van der Waals surface area contributed by atoms with Gasteiger partial charge in [0.1, 0.15) is 17.6 Å². The van der Waals surface area contributed by atoms with Crippen molar-refractivity contribution in [1.82, 2.24) is 5.32 Å². The lowest BCUT2D eigenvalue weighted by molar-refractivity contribution is -0.132. The largest absolute Gasteiger partial charge is 0.351 e. The second kappa shape index (κ2) is 8.02. The van der Waals surface area contributed by atoms with Gasteiger partial charge in [0, 0.05) is 30.2 Å². The first-order valence-corrected chi connectivity index (χ1v) is 9.86. The monoisotopic (exact) mass is 433 g/mol. The number of amides is 3. The van der Waals surface area contributed by atoms with Crippen molar-refractivity contribution in [2.45, 2.75) is 25.8 Å². The molecule has 3 amide bonds. The summed E-state index contributed by atoms with van der Waals surface area (Å²) in [5.41, 5.74) is 1.60. The van der Waals surface area contributed by atoms with Gasteiger partial charge in [0.15, 0.2) is 0 Å². The topological polar surface area (TPSA) is 78.5 Å². The molecule has 1 unspecified atom stereocenters. The molecule has 0 radical (unpaired) electrons. The van der Waals surface area contributed by atoms with E-state index in [0.29, 0.717) is 23.2 Å². The van der Waals surface area contributed by atoms with E-state index in [1.807, 2.05) is 0 Å². The van der Waals surface area contributed by atoms with E-state index in [-0.39, 0.29) is 42.5 Å². The van der Waals surface area contributed by atoms with E-state index in [4.69, 9.17) is 11.6 Å². The quantitative estimate of drug-likeness (QED) is 0.727. The summed E-state index contributed by atoms with van der Waals surface area (Å²) in [5.74, 6) is -3.19. The molecule has 1 saturated heterocycles. The molecule has 0 saturated carbocycles. The van der Waals surface area contributed by atoms with E-state index >= 15 is 0 Å². The minimum atomic E-state index is -0.909. The standard InChI is InChI=1S/C21H18ClF2N3O3/c22-13-5-11(6-14(23)8-13)10-25-20(29)16-3-4-27(21(16)30)15-7-12-1-2-18(28)26-19(12)17(24)9-15/h5-9,16H,1-4,10H2,(H,25,29)(H,26,28). The Morgan fingerprint density at radius 2 is 1.97 bits per heavy atom. The highest BCUT2D eigenvalue weighted by atomic mass is 35.5. The number of nitrogens with zero attached hydrogens (tertiary/aromatic N) is 1. The van der Waals surface area contributed by atoms with Gasteiger partial charge in [-0.2, -0.15) is 0 Å². The van der Waals surface area contributed by atoms with Gasteiger partial charge in [0.05, 0.1) is 5.69 Å². The van der Waals surface area contributed by atoms with Crippen molar-refractivity contribution in [2.24, 2.45) is 5.92 Å². The van der Waals surface area contributed by atoms with Crippen LogP contribution in [-0.4, -0.2) is 24.3 Å². The maximum Gasteiger partial charge on any atom is 0.239 e. The number of nitrogens with one attached hydrogen (secondary N) is 2. The number of rotatable bonds is 4. The summed E-state index contributed by atoms with van der Waals surface area (Å²) in [6.45, 7) is 0.306. The van der Waals surface area contributed by atoms with Crippen LogP contribution in [0, 0.1) is 17.6 Å². The fraction of sp³-hybridized carbons (Fsp3) is 0.286. The number of anilines is 2. The summed E-state index contributed by atoms with van der Waals surface area (Å²) in [7, 11) is 0. The van der Waals surface area contributed by atoms with Crippen molar-refractivity contribution in [3.05, 3.63) is 58.1 Å². The van der Waals surface area contributed by atoms with Crippen molar-refractivity contribution in [2.75, 3.05) is 16.8 Å². The van der Waals surface area contributed by atoms with Gasteiger partial charge in [-0.25, -0.2) is 8.78 Å². The third-order valence-electron chi connectivity index (χ3n) is 5.27. The Labute approximate surface area is 176 Å². The predicted molar refractivity (Wildman–Crippen MR) is 107 cm³/mol. The van der Waals surface area contributed by atoms with Crippen molar-refractivity contribution in [3.63, 3.8) is 0 Å². The van der Waals surface area contributed by atoms with Crippen molar-refractivity contribution >= 4 is 40.7 Å². The Hall–Kier alpha value is -3.00. The van der Waals surface area contributed by atoms with Gasteiger partial charge in [-0.05, 0) is 54.3 Å². The zero-order valence-electron chi connectivity index (χ0n) is 15.8. The van der Waals surface area contributed by atoms with Crippen LogP contribution in [0.1, 0.15) is 24.0 Å². The van der Waals surface area contributed by atoms with Crippen LogP contribution in [0.4, 0.5) is 20.2 Å². The Kier molecular flexibility index (Phi) is 5.42. The van der Waals surface area contributed by atoms with Gasteiger partial charge in [-0.3, -0.25) is 14.4 Å². The molecule has 2 N–H and O–H groups in total. The Balaban J connectivity index is 1.45. The maximum atomic E-state index is 14.4. The number of carbonyl (C=O) groups is 3. The minimum Gasteiger partial charge on any atom is -0.351 e. The van der Waals surface area contributed by atoms with Crippen molar-refractivity contribution < 1.29 is 23.2 Å². The summed E-state index contributed by atoms with van der Waals surface area (Å²) in [4.78, 5) is 38.1. The number of carbonyl (C=O) groups excluding carboxylic acids is 3. The average molecular weight is 434 g/mol. The molecule has 0 aliphatic carbocycles. The van der Waals surface area contributed by atoms with Gasteiger partial charge in [-0.1, -0.05) is 11.6 Å². The number of benzene rings is 2. The first kappa shape index (κ1) is 20.3. The molecule has 0 aromatic heterocycles. The second-order valence-electron chi connectivity index (χ2n) is 7.34. The third-order valence-corrected chi connectivity index (χ3v) is 5.48. The summed E-state index contributed by atoms with van der Waals surface area (Å²) < 4.78 is 27.9. The SMILES string of the molecule is O=C1CCc2cc(N3CCC(C(=O)NCc4cc(F)cc(Cl)c4)C3=O)cc(F)c2N1. The highest BCUT2D eigenvalue weighted by Gasteiger charge is 2.38. The normalized spacial score (nSPS) is 18.2. The molecule has 4 rings (SSSR count). The molecule has 0 bridgehead atoms. The number of hydrogen-bond acceptors (Lipinski definition) is 3. The van der Waals surface area contributed by atoms with Crippen LogP contribution in [-0.2, 0) is 27.3 Å². The molecular formula is C21H18ClF2N3O3. The molecule has 2 aliphatic heterocycles. The maximum absolute atomic E-state index is 14.4. The van der Waals surface area contributed by atoms with Gasteiger partial charge in [-0.15, -0.1) is 0 Å². The van der Waals surface area contributed by atoms with Crippen LogP contribution in [0.3, 0.4) is 0 Å². The number of hydrogen-bond donors (Lipinski definition) is 2. The molecule has 0 spiro atoms. The van der Waals surface area contributed by atoms with Crippen LogP contribution in [0.2, 0.25) is 5.02 Å². The molecule has 2 heterocycles. The predicted octanol–water partition coefficient (Wildman–Crippen LogP) is 3.17.